The molecule has 0 fully saturated rings. The number of carboxylic acid groups (broad SMARTS) is 1. The van der Waals surface area contributed by atoms with Crippen LogP contribution in [0.5, 0.6) is 0 Å². The predicted octanol–water partition coefficient (Wildman–Crippen LogP) is 3.85. The first-order valence-corrected chi connectivity index (χ1v) is 7.34. The van der Waals surface area contributed by atoms with Crippen molar-refractivity contribution in [3.63, 3.8) is 0 Å². The monoisotopic (exact) mass is 365 g/mol. The van der Waals surface area contributed by atoms with Crippen molar-refractivity contribution in [2.24, 2.45) is 0 Å². The molecule has 0 saturated heterocycles. The van der Waals surface area contributed by atoms with Crippen molar-refractivity contribution in [3.8, 4) is 11.3 Å². The number of aromatic nitrogens is 3. The lowest BCUT2D eigenvalue weighted by Crippen LogP contribution is -2.12. The Bertz CT molecular complexity index is 932. The van der Waals surface area contributed by atoms with Crippen LogP contribution in [0.1, 0.15) is 21.6 Å². The predicted molar refractivity (Wildman–Crippen MR) is 82.9 cm³/mol. The van der Waals surface area contributed by atoms with Crippen molar-refractivity contribution in [2.75, 3.05) is 0 Å². The number of aromatic carboxylic acids is 1. The molecule has 5 nitrogen and oxygen atoms in total. The SMILES string of the molecule is O=C(O)c1c(-c2ccc(F)cc2)nnn1Cc1ccc(C(F)(F)F)cc1. The molecule has 9 heteroatoms. The summed E-state index contributed by atoms with van der Waals surface area (Å²) in [7, 11) is 0. The van der Waals surface area contributed by atoms with Crippen molar-refractivity contribution in [3.05, 3.63) is 71.2 Å². The van der Waals surface area contributed by atoms with Gasteiger partial charge in [-0.05, 0) is 42.0 Å². The molecule has 0 saturated carbocycles. The number of hydrogen-bond acceptors (Lipinski definition) is 3. The minimum Gasteiger partial charge on any atom is -0.476 e. The van der Waals surface area contributed by atoms with E-state index in [1.54, 1.807) is 0 Å². The van der Waals surface area contributed by atoms with E-state index in [2.05, 4.69) is 10.3 Å². The van der Waals surface area contributed by atoms with Crippen LogP contribution in [0.15, 0.2) is 48.5 Å². The highest BCUT2D eigenvalue weighted by atomic mass is 19.4. The molecule has 134 valence electrons. The van der Waals surface area contributed by atoms with Gasteiger partial charge in [0.1, 0.15) is 11.5 Å². The molecule has 26 heavy (non-hydrogen) atoms. The minimum atomic E-state index is -4.45. The zero-order valence-electron chi connectivity index (χ0n) is 13.0. The summed E-state index contributed by atoms with van der Waals surface area (Å²) in [5.41, 5.74) is -0.204. The standard InChI is InChI=1S/C17H11F4N3O2/c18-13-7-3-11(4-8-13)14-15(16(25)26)24(23-22-14)9-10-1-5-12(6-2-10)17(19,20)21/h1-8H,9H2,(H,25,26). The van der Waals surface area contributed by atoms with Gasteiger partial charge in [-0.3, -0.25) is 0 Å². The molecule has 1 aromatic heterocycles. The average molecular weight is 365 g/mol. The summed E-state index contributed by atoms with van der Waals surface area (Å²) < 4.78 is 51.9. The molecule has 0 bridgehead atoms. The second-order valence-electron chi connectivity index (χ2n) is 5.45. The van der Waals surface area contributed by atoms with Crippen LogP contribution in [0.3, 0.4) is 0 Å². The smallest absolute Gasteiger partial charge is 0.416 e. The lowest BCUT2D eigenvalue weighted by Gasteiger charge is -2.08. The van der Waals surface area contributed by atoms with Gasteiger partial charge in [0.15, 0.2) is 5.69 Å². The van der Waals surface area contributed by atoms with E-state index in [1.807, 2.05) is 0 Å². The Hall–Kier alpha value is -3.23. The zero-order chi connectivity index (χ0) is 18.9. The summed E-state index contributed by atoms with van der Waals surface area (Å²) in [5, 5.41) is 17.0. The van der Waals surface area contributed by atoms with Gasteiger partial charge in [-0.25, -0.2) is 13.9 Å². The number of benzene rings is 2. The van der Waals surface area contributed by atoms with Crippen LogP contribution in [0.25, 0.3) is 11.3 Å². The second-order valence-corrected chi connectivity index (χ2v) is 5.45. The number of hydrogen-bond donors (Lipinski definition) is 1. The Morgan fingerprint density at radius 1 is 1.04 bits per heavy atom. The molecule has 0 amide bonds. The quantitative estimate of drug-likeness (QED) is 0.713. The number of carbonyl (C=O) groups is 1. The molecular formula is C17H11F4N3O2. The minimum absolute atomic E-state index is 0.0458. The van der Waals surface area contributed by atoms with Crippen molar-refractivity contribution >= 4 is 5.97 Å². The van der Waals surface area contributed by atoms with Gasteiger partial charge in [-0.15, -0.1) is 5.10 Å². The fourth-order valence-electron chi connectivity index (χ4n) is 2.41. The van der Waals surface area contributed by atoms with Gasteiger partial charge < -0.3 is 5.11 Å². The van der Waals surface area contributed by atoms with Crippen molar-refractivity contribution in [2.45, 2.75) is 12.7 Å². The first-order chi connectivity index (χ1) is 12.3. The van der Waals surface area contributed by atoms with Crippen LogP contribution in [-0.4, -0.2) is 26.1 Å². The molecular weight excluding hydrogens is 354 g/mol. The van der Waals surface area contributed by atoms with E-state index in [4.69, 9.17) is 0 Å². The van der Waals surface area contributed by atoms with Crippen LogP contribution in [0, 0.1) is 5.82 Å². The molecule has 1 N–H and O–H groups in total. The summed E-state index contributed by atoms with van der Waals surface area (Å²) in [6.07, 6.45) is -4.45. The molecule has 0 aliphatic heterocycles. The Morgan fingerprint density at radius 2 is 1.65 bits per heavy atom. The number of rotatable bonds is 4. The Morgan fingerprint density at radius 3 is 2.19 bits per heavy atom. The van der Waals surface area contributed by atoms with Crippen molar-refractivity contribution in [1.29, 1.82) is 0 Å². The van der Waals surface area contributed by atoms with Crippen molar-refractivity contribution in [1.82, 2.24) is 15.0 Å². The fraction of sp³-hybridized carbons (Fsp3) is 0.118. The Balaban J connectivity index is 1.93. The van der Waals surface area contributed by atoms with E-state index >= 15 is 0 Å². The highest BCUT2D eigenvalue weighted by molar-refractivity contribution is 5.92. The van der Waals surface area contributed by atoms with Gasteiger partial charge in [0.2, 0.25) is 0 Å². The third-order valence-electron chi connectivity index (χ3n) is 3.67. The maximum atomic E-state index is 13.0. The molecule has 0 aliphatic rings. The zero-order valence-corrected chi connectivity index (χ0v) is 13.0. The average Bonchev–Trinajstić information content (AvgIpc) is 2.99. The number of carboxylic acids is 1. The molecule has 0 atom stereocenters. The molecule has 1 heterocycles. The Labute approximate surface area is 144 Å². The van der Waals surface area contributed by atoms with E-state index in [0.29, 0.717) is 11.1 Å². The molecule has 0 radical (unpaired) electrons. The molecule has 0 unspecified atom stereocenters. The van der Waals surface area contributed by atoms with Crippen LogP contribution in [0.2, 0.25) is 0 Å². The van der Waals surface area contributed by atoms with Gasteiger partial charge in [0.25, 0.3) is 0 Å². The number of alkyl halides is 3. The first kappa shape index (κ1) is 17.6. The summed E-state index contributed by atoms with van der Waals surface area (Å²) in [6, 6.07) is 9.37. The summed E-state index contributed by atoms with van der Waals surface area (Å²) in [4.78, 5) is 11.6. The van der Waals surface area contributed by atoms with E-state index in [9.17, 15) is 27.5 Å². The van der Waals surface area contributed by atoms with Crippen LogP contribution in [-0.2, 0) is 12.7 Å². The highest BCUT2D eigenvalue weighted by Gasteiger charge is 2.30. The largest absolute Gasteiger partial charge is 0.476 e. The summed E-state index contributed by atoms with van der Waals surface area (Å²) in [5.74, 6) is -1.79. The fourth-order valence-corrected chi connectivity index (χ4v) is 2.41. The summed E-state index contributed by atoms with van der Waals surface area (Å²) >= 11 is 0. The first-order valence-electron chi connectivity index (χ1n) is 7.34. The highest BCUT2D eigenvalue weighted by Crippen LogP contribution is 2.29. The van der Waals surface area contributed by atoms with Crippen LogP contribution in [0.4, 0.5) is 17.6 Å². The van der Waals surface area contributed by atoms with E-state index in [1.165, 1.54) is 24.3 Å². The van der Waals surface area contributed by atoms with Gasteiger partial charge in [0, 0.05) is 5.56 Å². The molecule has 3 aromatic rings. The van der Waals surface area contributed by atoms with Gasteiger partial charge in [-0.2, -0.15) is 13.2 Å². The van der Waals surface area contributed by atoms with Gasteiger partial charge in [0.05, 0.1) is 12.1 Å². The van der Waals surface area contributed by atoms with Crippen LogP contribution < -0.4 is 0 Å². The normalized spacial score (nSPS) is 11.5. The van der Waals surface area contributed by atoms with Crippen molar-refractivity contribution < 1.29 is 27.5 Å². The molecule has 2 aromatic carbocycles. The van der Waals surface area contributed by atoms with Gasteiger partial charge in [-0.1, -0.05) is 17.3 Å². The Kier molecular flexibility index (Phi) is 4.45. The van der Waals surface area contributed by atoms with E-state index < -0.39 is 23.5 Å². The lowest BCUT2D eigenvalue weighted by atomic mass is 10.1. The number of nitrogens with zero attached hydrogens (tertiary/aromatic N) is 3. The third-order valence-corrected chi connectivity index (χ3v) is 3.67. The maximum absolute atomic E-state index is 13.0. The molecule has 0 spiro atoms. The maximum Gasteiger partial charge on any atom is 0.416 e. The lowest BCUT2D eigenvalue weighted by molar-refractivity contribution is -0.137. The van der Waals surface area contributed by atoms with E-state index in [-0.39, 0.29) is 17.9 Å². The van der Waals surface area contributed by atoms with Gasteiger partial charge >= 0.3 is 12.1 Å². The number of halogens is 4. The molecule has 0 aliphatic carbocycles. The molecule has 3 rings (SSSR count). The summed E-state index contributed by atoms with van der Waals surface area (Å²) in [6.45, 7) is -0.0754. The second kappa shape index (κ2) is 6.58. The topological polar surface area (TPSA) is 68.0 Å². The van der Waals surface area contributed by atoms with E-state index in [0.717, 1.165) is 28.9 Å². The van der Waals surface area contributed by atoms with Crippen LogP contribution >= 0.6 is 0 Å². The third kappa shape index (κ3) is 3.56.